The summed E-state index contributed by atoms with van der Waals surface area (Å²) in [6.07, 6.45) is 3.37. The van der Waals surface area contributed by atoms with Gasteiger partial charge < -0.3 is 20.9 Å². The summed E-state index contributed by atoms with van der Waals surface area (Å²) in [7, 11) is 1.55. The predicted molar refractivity (Wildman–Crippen MR) is 63.2 cm³/mol. The van der Waals surface area contributed by atoms with Crippen molar-refractivity contribution in [2.45, 2.75) is 31.3 Å². The Morgan fingerprint density at radius 3 is 2.76 bits per heavy atom. The number of carbonyl (C=O) groups excluding carboxylic acids is 1. The first kappa shape index (κ1) is 12.8. The third-order valence-electron chi connectivity index (χ3n) is 4.22. The van der Waals surface area contributed by atoms with Crippen LogP contribution in [0.2, 0.25) is 0 Å². The van der Waals surface area contributed by atoms with Gasteiger partial charge in [-0.05, 0) is 31.1 Å². The summed E-state index contributed by atoms with van der Waals surface area (Å²) in [4.78, 5) is 12.1. The van der Waals surface area contributed by atoms with Crippen LogP contribution in [-0.4, -0.2) is 43.4 Å². The fraction of sp³-hybridized carbons (Fsp3) is 0.917. The van der Waals surface area contributed by atoms with Crippen molar-refractivity contribution < 1.29 is 14.6 Å². The Bertz CT molecular complexity index is 283. The van der Waals surface area contributed by atoms with Crippen LogP contribution < -0.4 is 11.1 Å². The molecule has 5 heteroatoms. The van der Waals surface area contributed by atoms with E-state index in [2.05, 4.69) is 5.32 Å². The number of aliphatic hydroxyl groups excluding tert-OH is 1. The zero-order valence-electron chi connectivity index (χ0n) is 10.3. The molecular weight excluding hydrogens is 220 g/mol. The first-order valence-electron chi connectivity index (χ1n) is 6.33. The lowest BCUT2D eigenvalue weighted by atomic mass is 9.84. The Hall–Kier alpha value is -0.650. The zero-order chi connectivity index (χ0) is 12.4. The topological polar surface area (TPSA) is 84.6 Å². The van der Waals surface area contributed by atoms with Crippen LogP contribution in [0.1, 0.15) is 19.3 Å². The van der Waals surface area contributed by atoms with E-state index in [0.717, 1.165) is 19.3 Å². The van der Waals surface area contributed by atoms with E-state index in [9.17, 15) is 4.79 Å². The van der Waals surface area contributed by atoms with E-state index in [1.165, 1.54) is 0 Å². The normalized spacial score (nSPS) is 37.1. The van der Waals surface area contributed by atoms with Gasteiger partial charge in [-0.3, -0.25) is 4.79 Å². The van der Waals surface area contributed by atoms with Crippen molar-refractivity contribution in [1.29, 1.82) is 0 Å². The Kier molecular flexibility index (Phi) is 4.01. The van der Waals surface area contributed by atoms with Gasteiger partial charge in [0.25, 0.3) is 0 Å². The van der Waals surface area contributed by atoms with Crippen LogP contribution in [0.4, 0.5) is 0 Å². The Balaban J connectivity index is 1.91. The minimum absolute atomic E-state index is 0.00404. The second-order valence-corrected chi connectivity index (χ2v) is 5.28. The number of methoxy groups -OCH3 is 1. The highest BCUT2D eigenvalue weighted by atomic mass is 16.5. The molecule has 0 heterocycles. The van der Waals surface area contributed by atoms with E-state index < -0.39 is 0 Å². The molecule has 2 rings (SSSR count). The SMILES string of the molecule is COCC(CO)NC(=O)C1C2CCC(C2)C1N. The summed E-state index contributed by atoms with van der Waals surface area (Å²) in [5, 5.41) is 12.0. The Morgan fingerprint density at radius 1 is 1.53 bits per heavy atom. The van der Waals surface area contributed by atoms with Crippen LogP contribution in [0.25, 0.3) is 0 Å². The highest BCUT2D eigenvalue weighted by Gasteiger charge is 2.49. The molecule has 4 N–H and O–H groups in total. The Labute approximate surface area is 102 Å². The van der Waals surface area contributed by atoms with E-state index in [0.29, 0.717) is 18.4 Å². The van der Waals surface area contributed by atoms with Crippen LogP contribution in [0.5, 0.6) is 0 Å². The third kappa shape index (κ3) is 2.46. The fourth-order valence-electron chi connectivity index (χ4n) is 3.36. The van der Waals surface area contributed by atoms with Crippen molar-refractivity contribution in [3.8, 4) is 0 Å². The molecule has 17 heavy (non-hydrogen) atoms. The van der Waals surface area contributed by atoms with Gasteiger partial charge in [0.05, 0.1) is 25.2 Å². The van der Waals surface area contributed by atoms with E-state index in [1.807, 2.05) is 0 Å². The molecule has 2 aliphatic carbocycles. The second-order valence-electron chi connectivity index (χ2n) is 5.28. The number of nitrogens with one attached hydrogen (secondary N) is 1. The van der Waals surface area contributed by atoms with Gasteiger partial charge in [-0.2, -0.15) is 0 Å². The van der Waals surface area contributed by atoms with Gasteiger partial charge in [0.2, 0.25) is 5.91 Å². The molecule has 2 fully saturated rings. The lowest BCUT2D eigenvalue weighted by Crippen LogP contribution is -2.50. The van der Waals surface area contributed by atoms with Gasteiger partial charge in [-0.25, -0.2) is 0 Å². The van der Waals surface area contributed by atoms with Crippen molar-refractivity contribution in [3.05, 3.63) is 0 Å². The molecule has 5 nitrogen and oxygen atoms in total. The molecule has 0 aliphatic heterocycles. The molecule has 0 saturated heterocycles. The lowest BCUT2D eigenvalue weighted by molar-refractivity contribution is -0.128. The number of ether oxygens (including phenoxy) is 1. The van der Waals surface area contributed by atoms with Crippen LogP contribution in [0.15, 0.2) is 0 Å². The van der Waals surface area contributed by atoms with Crippen molar-refractivity contribution in [2.24, 2.45) is 23.5 Å². The van der Waals surface area contributed by atoms with Gasteiger partial charge in [-0.1, -0.05) is 0 Å². The van der Waals surface area contributed by atoms with E-state index in [1.54, 1.807) is 7.11 Å². The molecule has 2 saturated carbocycles. The third-order valence-corrected chi connectivity index (χ3v) is 4.22. The lowest BCUT2D eigenvalue weighted by Gasteiger charge is -2.28. The number of fused-ring (bicyclic) bond motifs is 2. The van der Waals surface area contributed by atoms with Gasteiger partial charge in [0.15, 0.2) is 0 Å². The maximum absolute atomic E-state index is 12.1. The molecule has 0 aromatic rings. The highest BCUT2D eigenvalue weighted by molar-refractivity contribution is 5.80. The quantitative estimate of drug-likeness (QED) is 0.606. The molecule has 0 spiro atoms. The summed E-state index contributed by atoms with van der Waals surface area (Å²) in [6.45, 7) is 0.230. The molecule has 0 aromatic heterocycles. The first-order valence-corrected chi connectivity index (χ1v) is 6.33. The van der Waals surface area contributed by atoms with Crippen molar-refractivity contribution in [1.82, 2.24) is 5.32 Å². The minimum Gasteiger partial charge on any atom is -0.394 e. The van der Waals surface area contributed by atoms with Crippen molar-refractivity contribution >= 4 is 5.91 Å². The number of amides is 1. The predicted octanol–water partition coefficient (Wildman–Crippen LogP) is -0.517. The molecular formula is C12H22N2O3. The maximum Gasteiger partial charge on any atom is 0.225 e. The largest absolute Gasteiger partial charge is 0.394 e. The number of hydrogen-bond acceptors (Lipinski definition) is 4. The van der Waals surface area contributed by atoms with Crippen LogP contribution in [0.3, 0.4) is 0 Å². The molecule has 2 bridgehead atoms. The smallest absolute Gasteiger partial charge is 0.225 e. The maximum atomic E-state index is 12.1. The summed E-state index contributed by atoms with van der Waals surface area (Å²) in [5.41, 5.74) is 6.10. The zero-order valence-corrected chi connectivity index (χ0v) is 10.3. The summed E-state index contributed by atoms with van der Waals surface area (Å²) in [6, 6.07) is -0.325. The minimum atomic E-state index is -0.321. The van der Waals surface area contributed by atoms with Crippen LogP contribution in [-0.2, 0) is 9.53 Å². The Morgan fingerprint density at radius 2 is 2.24 bits per heavy atom. The molecule has 0 radical (unpaired) electrons. The first-order chi connectivity index (χ1) is 8.17. The number of nitrogens with two attached hydrogens (primary N) is 1. The van der Waals surface area contributed by atoms with Gasteiger partial charge >= 0.3 is 0 Å². The summed E-state index contributed by atoms with van der Waals surface area (Å²) >= 11 is 0. The van der Waals surface area contributed by atoms with Crippen LogP contribution in [0, 0.1) is 17.8 Å². The average Bonchev–Trinajstić information content (AvgIpc) is 2.88. The van der Waals surface area contributed by atoms with Crippen molar-refractivity contribution in [2.75, 3.05) is 20.3 Å². The van der Waals surface area contributed by atoms with Gasteiger partial charge in [0, 0.05) is 13.2 Å². The van der Waals surface area contributed by atoms with Crippen LogP contribution >= 0.6 is 0 Å². The monoisotopic (exact) mass is 242 g/mol. The van der Waals surface area contributed by atoms with Crippen molar-refractivity contribution in [3.63, 3.8) is 0 Å². The number of hydrogen-bond donors (Lipinski definition) is 3. The van der Waals surface area contributed by atoms with E-state index in [-0.39, 0.29) is 30.5 Å². The number of rotatable bonds is 5. The summed E-state index contributed by atoms with van der Waals surface area (Å²) in [5.74, 6) is 0.878. The van der Waals surface area contributed by atoms with Gasteiger partial charge in [0.1, 0.15) is 0 Å². The van der Waals surface area contributed by atoms with E-state index in [4.69, 9.17) is 15.6 Å². The number of aliphatic hydroxyl groups is 1. The second kappa shape index (κ2) is 5.33. The summed E-state index contributed by atoms with van der Waals surface area (Å²) < 4.78 is 4.94. The molecule has 1 amide bonds. The fourth-order valence-corrected chi connectivity index (χ4v) is 3.36. The molecule has 5 unspecified atom stereocenters. The molecule has 2 aliphatic rings. The molecule has 98 valence electrons. The van der Waals surface area contributed by atoms with E-state index >= 15 is 0 Å². The highest BCUT2D eigenvalue weighted by Crippen LogP contribution is 2.47. The molecule has 5 atom stereocenters. The average molecular weight is 242 g/mol. The molecule has 0 aromatic carbocycles. The van der Waals surface area contributed by atoms with Gasteiger partial charge in [-0.15, -0.1) is 0 Å². The standard InChI is InChI=1S/C12H22N2O3/c1-17-6-9(5-15)14-12(16)10-7-2-3-8(4-7)11(10)13/h7-11,15H,2-6,13H2,1H3,(H,14,16). The number of carbonyl (C=O) groups is 1.